The molecule has 0 saturated carbocycles. The summed E-state index contributed by atoms with van der Waals surface area (Å²) in [6.45, 7) is 3.58. The summed E-state index contributed by atoms with van der Waals surface area (Å²) in [7, 11) is 1.38. The van der Waals surface area contributed by atoms with E-state index in [9.17, 15) is 19.7 Å². The van der Waals surface area contributed by atoms with E-state index in [-0.39, 0.29) is 17.3 Å². The highest BCUT2D eigenvalue weighted by Crippen LogP contribution is 2.39. The lowest BCUT2D eigenvalue weighted by Crippen LogP contribution is -2.40. The van der Waals surface area contributed by atoms with Crippen molar-refractivity contribution in [1.29, 1.82) is 0 Å². The molecule has 0 fully saturated rings. The van der Waals surface area contributed by atoms with Crippen molar-refractivity contribution in [3.05, 3.63) is 88.1 Å². The predicted octanol–water partition coefficient (Wildman–Crippen LogP) is 4.43. The number of nitro benzene ring substituents is 1. The molecule has 0 aromatic heterocycles. The van der Waals surface area contributed by atoms with Crippen molar-refractivity contribution < 1.29 is 19.2 Å². The first-order chi connectivity index (χ1) is 18.6. The number of nitrogens with two attached hydrogens (primary N) is 1. The van der Waals surface area contributed by atoms with Crippen LogP contribution >= 0.6 is 0 Å². The molecule has 39 heavy (non-hydrogen) atoms. The number of hydrogen-bond acceptors (Lipinski definition) is 8. The van der Waals surface area contributed by atoms with Crippen molar-refractivity contribution in [2.24, 2.45) is 16.6 Å². The van der Waals surface area contributed by atoms with Gasteiger partial charge in [-0.15, -0.1) is 0 Å². The Kier molecular flexibility index (Phi) is 6.27. The number of carbonyl (C=O) groups excluding carboxylic acids is 2. The first-order valence-electron chi connectivity index (χ1n) is 12.1. The maximum atomic E-state index is 13.2. The van der Waals surface area contributed by atoms with Crippen molar-refractivity contribution in [3.63, 3.8) is 0 Å². The molecule has 0 aliphatic carbocycles. The van der Waals surface area contributed by atoms with Crippen molar-refractivity contribution in [1.82, 2.24) is 5.32 Å². The lowest BCUT2D eigenvalue weighted by Gasteiger charge is -2.31. The van der Waals surface area contributed by atoms with Gasteiger partial charge in [-0.05, 0) is 67.4 Å². The lowest BCUT2D eigenvalue weighted by molar-refractivity contribution is -0.385. The molecule has 2 unspecified atom stereocenters. The minimum atomic E-state index is -0.880. The van der Waals surface area contributed by atoms with Gasteiger partial charge in [-0.3, -0.25) is 24.7 Å². The molecule has 11 nitrogen and oxygen atoms in total. The SMILES string of the molecule is COc1cc(-c2ccc3c(c2)Nc2ccc(C4(C)N=C(C(C)C(N)=O)C=CN4)cc2NC3=O)ccc1[N+](=O)[O-]. The van der Waals surface area contributed by atoms with Gasteiger partial charge in [0.2, 0.25) is 5.91 Å². The normalized spacial score (nSPS) is 18.2. The predicted molar refractivity (Wildman–Crippen MR) is 148 cm³/mol. The first-order valence-corrected chi connectivity index (χ1v) is 12.1. The van der Waals surface area contributed by atoms with Crippen molar-refractivity contribution >= 4 is 40.3 Å². The molecule has 2 atom stereocenters. The van der Waals surface area contributed by atoms with Crippen LogP contribution in [0.25, 0.3) is 11.1 Å². The van der Waals surface area contributed by atoms with E-state index in [1.54, 1.807) is 43.5 Å². The second kappa shape index (κ2) is 9.60. The average molecular weight is 527 g/mol. The Hall–Kier alpha value is -5.19. The quantitative estimate of drug-likeness (QED) is 0.273. The summed E-state index contributed by atoms with van der Waals surface area (Å²) >= 11 is 0. The highest BCUT2D eigenvalue weighted by Gasteiger charge is 2.31. The minimum absolute atomic E-state index is 0.129. The van der Waals surface area contributed by atoms with Crippen molar-refractivity contribution in [3.8, 4) is 16.9 Å². The van der Waals surface area contributed by atoms with E-state index >= 15 is 0 Å². The van der Waals surface area contributed by atoms with Crippen LogP contribution in [0.4, 0.5) is 22.7 Å². The van der Waals surface area contributed by atoms with E-state index in [4.69, 9.17) is 15.5 Å². The first kappa shape index (κ1) is 25.5. The van der Waals surface area contributed by atoms with Crippen LogP contribution in [0.15, 0.2) is 71.9 Å². The van der Waals surface area contributed by atoms with Crippen LogP contribution in [0.2, 0.25) is 0 Å². The van der Waals surface area contributed by atoms with Crippen LogP contribution in [0.1, 0.15) is 29.8 Å². The Bertz CT molecular complexity index is 1600. The molecule has 3 aromatic carbocycles. The second-order valence-electron chi connectivity index (χ2n) is 9.45. The van der Waals surface area contributed by atoms with Crippen LogP contribution in [0.3, 0.4) is 0 Å². The van der Waals surface area contributed by atoms with E-state index < -0.39 is 22.4 Å². The Morgan fingerprint density at radius 3 is 2.51 bits per heavy atom. The van der Waals surface area contributed by atoms with E-state index in [1.165, 1.54) is 13.2 Å². The van der Waals surface area contributed by atoms with Gasteiger partial charge in [0.25, 0.3) is 5.91 Å². The smallest absolute Gasteiger partial charge is 0.310 e. The number of ether oxygens (including phenoxy) is 1. The average Bonchev–Trinajstić information content (AvgIpc) is 3.06. The third-order valence-corrected chi connectivity index (χ3v) is 6.91. The number of nitrogens with zero attached hydrogens (tertiary/aromatic N) is 2. The molecule has 5 N–H and O–H groups in total. The van der Waals surface area contributed by atoms with Crippen LogP contribution in [-0.2, 0) is 10.5 Å². The Morgan fingerprint density at radius 2 is 1.79 bits per heavy atom. The Morgan fingerprint density at radius 1 is 1.05 bits per heavy atom. The number of hydrogen-bond donors (Lipinski definition) is 4. The fraction of sp³-hybridized carbons (Fsp3) is 0.179. The molecular weight excluding hydrogens is 500 g/mol. The summed E-state index contributed by atoms with van der Waals surface area (Å²) in [6.07, 6.45) is 3.45. The number of nitro groups is 1. The molecule has 2 amide bonds. The van der Waals surface area contributed by atoms with E-state index in [0.29, 0.717) is 33.9 Å². The minimum Gasteiger partial charge on any atom is -0.490 e. The largest absolute Gasteiger partial charge is 0.490 e. The number of carbonyl (C=O) groups is 2. The second-order valence-corrected chi connectivity index (χ2v) is 9.45. The zero-order valence-electron chi connectivity index (χ0n) is 21.4. The molecule has 0 spiro atoms. The summed E-state index contributed by atoms with van der Waals surface area (Å²) in [5.74, 6) is -1.17. The topological polar surface area (TPSA) is 161 Å². The molecule has 0 saturated heterocycles. The lowest BCUT2D eigenvalue weighted by atomic mass is 9.96. The number of fused-ring (bicyclic) bond motifs is 2. The number of aliphatic imine (C=N–C) groups is 1. The standard InChI is InChI=1S/C28H26N6O5/c1-15(26(29)35)20-10-11-30-28(2,33-20)18-6-8-21-23(14-18)32-27(36)19-7-4-16(12-22(19)31-21)17-5-9-24(34(37)38)25(13-17)39-3/h4-15,30-31H,1-3H3,(H2,29,35)(H,32,36). The fourth-order valence-corrected chi connectivity index (χ4v) is 4.58. The maximum absolute atomic E-state index is 13.2. The molecule has 2 aliphatic rings. The third-order valence-electron chi connectivity index (χ3n) is 6.91. The Balaban J connectivity index is 1.49. The molecule has 2 heterocycles. The number of rotatable bonds is 6. The van der Waals surface area contributed by atoms with Gasteiger partial charge in [0.15, 0.2) is 11.4 Å². The molecule has 0 radical (unpaired) electrons. The van der Waals surface area contributed by atoms with E-state index in [2.05, 4.69) is 16.0 Å². The highest BCUT2D eigenvalue weighted by molar-refractivity contribution is 6.13. The van der Waals surface area contributed by atoms with Crippen LogP contribution in [0, 0.1) is 16.0 Å². The van der Waals surface area contributed by atoms with Gasteiger partial charge in [-0.1, -0.05) is 12.1 Å². The zero-order valence-corrected chi connectivity index (χ0v) is 21.4. The number of primary amides is 1. The monoisotopic (exact) mass is 526 g/mol. The highest BCUT2D eigenvalue weighted by atomic mass is 16.6. The van der Waals surface area contributed by atoms with Crippen LogP contribution < -0.4 is 26.4 Å². The fourth-order valence-electron chi connectivity index (χ4n) is 4.58. The molecule has 11 heteroatoms. The molecular formula is C28H26N6O5. The maximum Gasteiger partial charge on any atom is 0.310 e. The summed E-state index contributed by atoms with van der Waals surface area (Å²) in [6, 6.07) is 15.5. The summed E-state index contributed by atoms with van der Waals surface area (Å²) in [4.78, 5) is 40.4. The van der Waals surface area contributed by atoms with Gasteiger partial charge in [0, 0.05) is 17.8 Å². The van der Waals surface area contributed by atoms with E-state index in [0.717, 1.165) is 11.1 Å². The number of amides is 2. The van der Waals surface area contributed by atoms with Gasteiger partial charge in [0.1, 0.15) is 0 Å². The number of methoxy groups -OCH3 is 1. The van der Waals surface area contributed by atoms with Gasteiger partial charge < -0.3 is 26.4 Å². The molecule has 5 rings (SSSR count). The molecule has 2 aliphatic heterocycles. The summed E-state index contributed by atoms with van der Waals surface area (Å²) in [5, 5.41) is 20.8. The number of benzene rings is 3. The van der Waals surface area contributed by atoms with E-state index in [1.807, 2.05) is 31.2 Å². The van der Waals surface area contributed by atoms with Gasteiger partial charge in [0.05, 0.1) is 46.3 Å². The Labute approximate surface area is 223 Å². The van der Waals surface area contributed by atoms with Crippen molar-refractivity contribution in [2.45, 2.75) is 19.5 Å². The number of allylic oxidation sites excluding steroid dienone is 1. The van der Waals surface area contributed by atoms with Gasteiger partial charge >= 0.3 is 5.69 Å². The zero-order chi connectivity index (χ0) is 27.9. The number of nitrogens with one attached hydrogen (secondary N) is 3. The van der Waals surface area contributed by atoms with Crippen molar-refractivity contribution in [2.75, 3.05) is 17.7 Å². The summed E-state index contributed by atoms with van der Waals surface area (Å²) < 4.78 is 5.20. The third kappa shape index (κ3) is 4.65. The molecule has 0 bridgehead atoms. The molecule has 3 aromatic rings. The number of anilines is 3. The van der Waals surface area contributed by atoms with Crippen LogP contribution in [-0.4, -0.2) is 29.6 Å². The van der Waals surface area contributed by atoms with Crippen LogP contribution in [0.5, 0.6) is 5.75 Å². The molecule has 198 valence electrons. The summed E-state index contributed by atoms with van der Waals surface area (Å²) in [5.41, 5.74) is 9.49. The van der Waals surface area contributed by atoms with Gasteiger partial charge in [-0.25, -0.2) is 0 Å². The van der Waals surface area contributed by atoms with Gasteiger partial charge in [-0.2, -0.15) is 0 Å².